The van der Waals surface area contributed by atoms with Crippen LogP contribution in [0.4, 0.5) is 5.69 Å². The standard InChI is InChI=1S/C16H15N5O2/c1-10(11-4-6-12(17)7-5-11)18-21-16(22)14-9-13(19-20-14)15-3-2-8-23-15/h2-9H,17H2,1H3,(H,19,20)(H,21,22). The van der Waals surface area contributed by atoms with E-state index in [2.05, 4.69) is 20.7 Å². The fourth-order valence-corrected chi connectivity index (χ4v) is 1.98. The molecule has 0 saturated carbocycles. The van der Waals surface area contributed by atoms with Crippen LogP contribution in [-0.4, -0.2) is 21.8 Å². The normalized spacial score (nSPS) is 11.4. The molecule has 0 spiro atoms. The maximum absolute atomic E-state index is 12.1. The minimum Gasteiger partial charge on any atom is -0.463 e. The Balaban J connectivity index is 1.69. The molecule has 1 aromatic carbocycles. The van der Waals surface area contributed by atoms with Gasteiger partial charge in [-0.15, -0.1) is 0 Å². The second-order valence-corrected chi connectivity index (χ2v) is 4.90. The Labute approximate surface area is 132 Å². The summed E-state index contributed by atoms with van der Waals surface area (Å²) in [6, 6.07) is 12.4. The van der Waals surface area contributed by atoms with Crippen LogP contribution in [0.2, 0.25) is 0 Å². The second-order valence-electron chi connectivity index (χ2n) is 4.90. The number of furan rings is 1. The van der Waals surface area contributed by atoms with Gasteiger partial charge in [0.1, 0.15) is 5.69 Å². The zero-order valence-electron chi connectivity index (χ0n) is 12.4. The van der Waals surface area contributed by atoms with E-state index in [1.54, 1.807) is 43.5 Å². The summed E-state index contributed by atoms with van der Waals surface area (Å²) in [5, 5.41) is 10.8. The van der Waals surface area contributed by atoms with Crippen molar-refractivity contribution in [2.45, 2.75) is 6.92 Å². The fourth-order valence-electron chi connectivity index (χ4n) is 1.98. The number of hydrazone groups is 1. The molecule has 0 unspecified atom stereocenters. The molecular weight excluding hydrogens is 294 g/mol. The van der Waals surface area contributed by atoms with Crippen molar-refractivity contribution in [3.63, 3.8) is 0 Å². The van der Waals surface area contributed by atoms with Gasteiger partial charge in [-0.1, -0.05) is 12.1 Å². The van der Waals surface area contributed by atoms with Gasteiger partial charge in [-0.05, 0) is 36.8 Å². The molecule has 2 aromatic heterocycles. The van der Waals surface area contributed by atoms with Crippen molar-refractivity contribution in [1.82, 2.24) is 15.6 Å². The highest BCUT2D eigenvalue weighted by atomic mass is 16.3. The van der Waals surface area contributed by atoms with Gasteiger partial charge in [0.15, 0.2) is 11.5 Å². The van der Waals surface area contributed by atoms with E-state index in [0.717, 1.165) is 5.56 Å². The number of hydrogen-bond acceptors (Lipinski definition) is 5. The van der Waals surface area contributed by atoms with Crippen LogP contribution in [0, 0.1) is 0 Å². The first-order valence-corrected chi connectivity index (χ1v) is 6.93. The first-order chi connectivity index (χ1) is 11.1. The van der Waals surface area contributed by atoms with Crippen molar-refractivity contribution < 1.29 is 9.21 Å². The summed E-state index contributed by atoms with van der Waals surface area (Å²) in [4.78, 5) is 12.1. The predicted molar refractivity (Wildman–Crippen MR) is 86.8 cm³/mol. The smallest absolute Gasteiger partial charge is 0.291 e. The van der Waals surface area contributed by atoms with E-state index < -0.39 is 5.91 Å². The molecule has 3 rings (SSSR count). The molecule has 1 amide bonds. The van der Waals surface area contributed by atoms with Gasteiger partial charge in [0.25, 0.3) is 5.91 Å². The van der Waals surface area contributed by atoms with Gasteiger partial charge in [0, 0.05) is 11.8 Å². The Morgan fingerprint density at radius 1 is 1.30 bits per heavy atom. The van der Waals surface area contributed by atoms with Crippen molar-refractivity contribution in [3.8, 4) is 11.5 Å². The average Bonchev–Trinajstić information content (AvgIpc) is 3.23. The number of benzene rings is 1. The minimum absolute atomic E-state index is 0.227. The maximum Gasteiger partial charge on any atom is 0.291 e. The van der Waals surface area contributed by atoms with Gasteiger partial charge in [-0.2, -0.15) is 10.2 Å². The SMILES string of the molecule is CC(=NNC(=O)c1cc(-c2ccco2)[nH]n1)c1ccc(N)cc1. The zero-order chi connectivity index (χ0) is 16.2. The first kappa shape index (κ1) is 14.6. The van der Waals surface area contributed by atoms with Crippen LogP contribution in [-0.2, 0) is 0 Å². The van der Waals surface area contributed by atoms with Crippen LogP contribution >= 0.6 is 0 Å². The minimum atomic E-state index is -0.408. The number of aromatic nitrogens is 2. The molecule has 0 aliphatic rings. The molecule has 4 N–H and O–H groups in total. The summed E-state index contributed by atoms with van der Waals surface area (Å²) in [5.74, 6) is 0.201. The van der Waals surface area contributed by atoms with E-state index in [4.69, 9.17) is 10.2 Å². The summed E-state index contributed by atoms with van der Waals surface area (Å²) >= 11 is 0. The van der Waals surface area contributed by atoms with Crippen molar-refractivity contribution >= 4 is 17.3 Å². The molecule has 0 bridgehead atoms. The summed E-state index contributed by atoms with van der Waals surface area (Å²) in [7, 11) is 0. The summed E-state index contributed by atoms with van der Waals surface area (Å²) in [6.45, 7) is 1.80. The van der Waals surface area contributed by atoms with Crippen LogP contribution in [0.5, 0.6) is 0 Å². The molecular formula is C16H15N5O2. The molecule has 0 atom stereocenters. The lowest BCUT2D eigenvalue weighted by molar-refractivity contribution is 0.0950. The van der Waals surface area contributed by atoms with Gasteiger partial charge in [0.2, 0.25) is 0 Å². The second kappa shape index (κ2) is 6.18. The largest absolute Gasteiger partial charge is 0.463 e. The lowest BCUT2D eigenvalue weighted by Gasteiger charge is -2.02. The van der Waals surface area contributed by atoms with Gasteiger partial charge < -0.3 is 10.2 Å². The number of aromatic amines is 1. The number of carbonyl (C=O) groups excluding carboxylic acids is 1. The Bertz CT molecular complexity index is 832. The van der Waals surface area contributed by atoms with E-state index in [1.807, 2.05) is 12.1 Å². The molecule has 23 heavy (non-hydrogen) atoms. The van der Waals surface area contributed by atoms with E-state index in [1.165, 1.54) is 0 Å². The number of amides is 1. The molecule has 0 fully saturated rings. The highest BCUT2D eigenvalue weighted by molar-refractivity contribution is 6.00. The monoisotopic (exact) mass is 309 g/mol. The summed E-state index contributed by atoms with van der Waals surface area (Å²) < 4.78 is 5.24. The number of anilines is 1. The van der Waals surface area contributed by atoms with Crippen molar-refractivity contribution in [2.24, 2.45) is 5.10 Å². The van der Waals surface area contributed by atoms with Crippen LogP contribution in [0.3, 0.4) is 0 Å². The van der Waals surface area contributed by atoms with Crippen molar-refractivity contribution in [2.75, 3.05) is 5.73 Å². The fraction of sp³-hybridized carbons (Fsp3) is 0.0625. The number of carbonyl (C=O) groups is 1. The Hall–Kier alpha value is -3.35. The van der Waals surface area contributed by atoms with Crippen LogP contribution in [0.15, 0.2) is 58.2 Å². The highest BCUT2D eigenvalue weighted by Gasteiger charge is 2.12. The highest BCUT2D eigenvalue weighted by Crippen LogP contribution is 2.17. The number of H-pyrrole nitrogens is 1. The molecule has 2 heterocycles. The van der Waals surface area contributed by atoms with E-state index in [0.29, 0.717) is 22.9 Å². The lowest BCUT2D eigenvalue weighted by atomic mass is 10.1. The molecule has 7 heteroatoms. The van der Waals surface area contributed by atoms with Crippen molar-refractivity contribution in [1.29, 1.82) is 0 Å². The summed E-state index contributed by atoms with van der Waals surface area (Å²) in [5.41, 5.74) is 11.2. The van der Waals surface area contributed by atoms with Gasteiger partial charge in [0.05, 0.1) is 12.0 Å². The molecule has 0 aliphatic heterocycles. The number of rotatable bonds is 4. The molecule has 116 valence electrons. The van der Waals surface area contributed by atoms with Gasteiger partial charge in [-0.3, -0.25) is 9.89 Å². The molecule has 0 radical (unpaired) electrons. The van der Waals surface area contributed by atoms with E-state index in [-0.39, 0.29) is 5.69 Å². The number of nitrogens with one attached hydrogen (secondary N) is 2. The predicted octanol–water partition coefficient (Wildman–Crippen LogP) is 2.41. The van der Waals surface area contributed by atoms with Crippen LogP contribution in [0.25, 0.3) is 11.5 Å². The molecule has 3 aromatic rings. The topological polar surface area (TPSA) is 109 Å². The van der Waals surface area contributed by atoms with Crippen molar-refractivity contribution in [3.05, 3.63) is 60.0 Å². The van der Waals surface area contributed by atoms with E-state index in [9.17, 15) is 4.79 Å². The Kier molecular flexibility index (Phi) is 3.92. The first-order valence-electron chi connectivity index (χ1n) is 6.93. The Morgan fingerprint density at radius 3 is 2.78 bits per heavy atom. The number of nitrogens with zero attached hydrogens (tertiary/aromatic N) is 2. The third kappa shape index (κ3) is 3.29. The average molecular weight is 309 g/mol. The van der Waals surface area contributed by atoms with Gasteiger partial charge in [-0.25, -0.2) is 5.43 Å². The summed E-state index contributed by atoms with van der Waals surface area (Å²) in [6.07, 6.45) is 1.55. The number of nitrogens with two attached hydrogens (primary N) is 1. The molecule has 0 saturated heterocycles. The van der Waals surface area contributed by atoms with Crippen LogP contribution in [0.1, 0.15) is 23.0 Å². The lowest BCUT2D eigenvalue weighted by Crippen LogP contribution is -2.19. The van der Waals surface area contributed by atoms with Crippen LogP contribution < -0.4 is 11.2 Å². The third-order valence-electron chi connectivity index (χ3n) is 3.25. The molecule has 7 nitrogen and oxygen atoms in total. The third-order valence-corrected chi connectivity index (χ3v) is 3.25. The molecule has 0 aliphatic carbocycles. The maximum atomic E-state index is 12.1. The zero-order valence-corrected chi connectivity index (χ0v) is 12.4. The number of nitrogen functional groups attached to an aromatic ring is 1. The van der Waals surface area contributed by atoms with Gasteiger partial charge >= 0.3 is 0 Å². The number of hydrogen-bond donors (Lipinski definition) is 3. The quantitative estimate of drug-likeness (QED) is 0.390. The van der Waals surface area contributed by atoms with E-state index >= 15 is 0 Å². The Morgan fingerprint density at radius 2 is 2.09 bits per heavy atom.